The zero-order valence-electron chi connectivity index (χ0n) is 15.8. The first-order valence-electron chi connectivity index (χ1n) is 9.09. The zero-order valence-corrected chi connectivity index (χ0v) is 16.5. The Morgan fingerprint density at radius 1 is 1.07 bits per heavy atom. The highest BCUT2D eigenvalue weighted by Crippen LogP contribution is 2.52. The molecule has 2 N–H and O–H groups in total. The molecule has 0 aliphatic heterocycles. The number of rotatable bonds is 5. The molecular formula is C23H19ClN2O3. The average Bonchev–Trinajstić information content (AvgIpc) is 2.98. The Labute approximate surface area is 173 Å². The highest BCUT2D eigenvalue weighted by molar-refractivity contribution is 6.30. The Bertz CT molecular complexity index is 1110. The molecule has 1 aliphatic carbocycles. The summed E-state index contributed by atoms with van der Waals surface area (Å²) in [7, 11) is 1.60. The van der Waals surface area contributed by atoms with Gasteiger partial charge in [0.1, 0.15) is 0 Å². The van der Waals surface area contributed by atoms with Gasteiger partial charge >= 0.3 is 0 Å². The van der Waals surface area contributed by atoms with Crippen LogP contribution in [0, 0.1) is 10.1 Å². The zero-order chi connectivity index (χ0) is 20.6. The number of fused-ring (bicyclic) bond motifs is 1. The maximum absolute atomic E-state index is 11.4. The molecule has 1 aliphatic rings. The Hall–Kier alpha value is -2.99. The number of non-ortho nitro benzene ring substituents is 1. The third-order valence-corrected chi connectivity index (χ3v) is 5.56. The minimum absolute atomic E-state index is 0.0186. The SMILES string of the molecule is COCC1=C(c2ccc(Cl)cc2)[C@@](N)(c2ccccc2)c2ccc([N+](=O)[O-])cc21. The van der Waals surface area contributed by atoms with Crippen molar-refractivity contribution < 1.29 is 9.66 Å². The summed E-state index contributed by atoms with van der Waals surface area (Å²) in [6.45, 7) is 0.276. The summed E-state index contributed by atoms with van der Waals surface area (Å²) >= 11 is 6.10. The Kier molecular flexibility index (Phi) is 4.96. The molecule has 29 heavy (non-hydrogen) atoms. The largest absolute Gasteiger partial charge is 0.380 e. The molecule has 5 nitrogen and oxygen atoms in total. The van der Waals surface area contributed by atoms with Crippen molar-refractivity contribution in [1.82, 2.24) is 0 Å². The number of hydrogen-bond donors (Lipinski definition) is 1. The fourth-order valence-electron chi connectivity index (χ4n) is 4.06. The van der Waals surface area contributed by atoms with Crippen LogP contribution in [-0.2, 0) is 10.3 Å². The van der Waals surface area contributed by atoms with Crippen LogP contribution in [-0.4, -0.2) is 18.6 Å². The van der Waals surface area contributed by atoms with Gasteiger partial charge in [-0.15, -0.1) is 0 Å². The number of nitrogens with two attached hydrogens (primary N) is 1. The van der Waals surface area contributed by atoms with Crippen LogP contribution in [0.3, 0.4) is 0 Å². The fraction of sp³-hybridized carbons (Fsp3) is 0.130. The first-order chi connectivity index (χ1) is 14.0. The summed E-state index contributed by atoms with van der Waals surface area (Å²) < 4.78 is 5.48. The lowest BCUT2D eigenvalue weighted by molar-refractivity contribution is -0.384. The van der Waals surface area contributed by atoms with E-state index in [9.17, 15) is 10.1 Å². The molecule has 0 aromatic heterocycles. The second-order valence-electron chi connectivity index (χ2n) is 6.95. The molecule has 0 unspecified atom stereocenters. The van der Waals surface area contributed by atoms with Crippen LogP contribution in [0.2, 0.25) is 5.02 Å². The minimum Gasteiger partial charge on any atom is -0.380 e. The van der Waals surface area contributed by atoms with Crippen LogP contribution in [0.25, 0.3) is 11.1 Å². The molecule has 3 aromatic rings. The number of nitrogens with zero attached hydrogens (tertiary/aromatic N) is 1. The molecule has 1 atom stereocenters. The van der Waals surface area contributed by atoms with Crippen molar-refractivity contribution in [1.29, 1.82) is 0 Å². The molecule has 4 rings (SSSR count). The van der Waals surface area contributed by atoms with Crippen molar-refractivity contribution in [3.05, 3.63) is 110 Å². The Morgan fingerprint density at radius 3 is 2.38 bits per heavy atom. The molecule has 0 saturated carbocycles. The number of nitro groups is 1. The quantitative estimate of drug-likeness (QED) is 0.476. The second-order valence-corrected chi connectivity index (χ2v) is 7.39. The van der Waals surface area contributed by atoms with Gasteiger partial charge in [-0.25, -0.2) is 0 Å². The Balaban J connectivity index is 2.07. The van der Waals surface area contributed by atoms with Gasteiger partial charge in [0.15, 0.2) is 0 Å². The summed E-state index contributed by atoms with van der Waals surface area (Å²) in [5.41, 5.74) is 11.2. The van der Waals surface area contributed by atoms with Gasteiger partial charge in [-0.2, -0.15) is 0 Å². The number of halogens is 1. The summed E-state index contributed by atoms with van der Waals surface area (Å²) in [6, 6.07) is 22.0. The molecule has 0 bridgehead atoms. The van der Waals surface area contributed by atoms with Crippen molar-refractivity contribution in [3.63, 3.8) is 0 Å². The maximum Gasteiger partial charge on any atom is 0.270 e. The van der Waals surface area contributed by atoms with Crippen molar-refractivity contribution in [2.24, 2.45) is 5.73 Å². The van der Waals surface area contributed by atoms with Gasteiger partial charge in [-0.1, -0.05) is 54.1 Å². The monoisotopic (exact) mass is 406 g/mol. The van der Waals surface area contributed by atoms with E-state index in [-0.39, 0.29) is 12.3 Å². The Morgan fingerprint density at radius 2 is 1.76 bits per heavy atom. The first kappa shape index (κ1) is 19.3. The van der Waals surface area contributed by atoms with Gasteiger partial charge in [-0.3, -0.25) is 10.1 Å². The third-order valence-electron chi connectivity index (χ3n) is 5.31. The third kappa shape index (κ3) is 3.13. The minimum atomic E-state index is -0.979. The highest BCUT2D eigenvalue weighted by Gasteiger charge is 2.44. The van der Waals surface area contributed by atoms with E-state index in [2.05, 4.69) is 0 Å². The molecule has 0 saturated heterocycles. The number of methoxy groups -OCH3 is 1. The van der Waals surface area contributed by atoms with E-state index >= 15 is 0 Å². The van der Waals surface area contributed by atoms with Crippen LogP contribution in [0.5, 0.6) is 0 Å². The van der Waals surface area contributed by atoms with E-state index in [0.29, 0.717) is 5.02 Å². The molecule has 0 fully saturated rings. The summed E-state index contributed by atoms with van der Waals surface area (Å²) in [4.78, 5) is 11.0. The van der Waals surface area contributed by atoms with Crippen molar-refractivity contribution in [2.75, 3.05) is 13.7 Å². The first-order valence-corrected chi connectivity index (χ1v) is 9.46. The number of ether oxygens (including phenoxy) is 1. The van der Waals surface area contributed by atoms with E-state index in [1.165, 1.54) is 6.07 Å². The molecule has 3 aromatic carbocycles. The van der Waals surface area contributed by atoms with Gasteiger partial charge in [-0.05, 0) is 51.6 Å². The molecule has 146 valence electrons. The average molecular weight is 407 g/mol. The predicted octanol–water partition coefficient (Wildman–Crippen LogP) is 5.02. The van der Waals surface area contributed by atoms with Crippen LogP contribution in [0.15, 0.2) is 72.8 Å². The van der Waals surface area contributed by atoms with Crippen molar-refractivity contribution in [2.45, 2.75) is 5.54 Å². The van der Waals surface area contributed by atoms with Gasteiger partial charge < -0.3 is 10.5 Å². The highest BCUT2D eigenvalue weighted by atomic mass is 35.5. The summed E-state index contributed by atoms with van der Waals surface area (Å²) in [6.07, 6.45) is 0. The molecule has 0 amide bonds. The van der Waals surface area contributed by atoms with Gasteiger partial charge in [0, 0.05) is 24.3 Å². The molecule has 0 radical (unpaired) electrons. The number of nitro benzene ring substituents is 1. The molecular weight excluding hydrogens is 388 g/mol. The topological polar surface area (TPSA) is 78.4 Å². The van der Waals surface area contributed by atoms with Gasteiger partial charge in [0.25, 0.3) is 5.69 Å². The van der Waals surface area contributed by atoms with Crippen molar-refractivity contribution >= 4 is 28.4 Å². The van der Waals surface area contributed by atoms with E-state index in [1.54, 1.807) is 19.2 Å². The van der Waals surface area contributed by atoms with Crippen LogP contribution in [0.1, 0.15) is 22.3 Å². The van der Waals surface area contributed by atoms with Crippen LogP contribution < -0.4 is 5.73 Å². The number of hydrogen-bond acceptors (Lipinski definition) is 4. The second kappa shape index (κ2) is 7.44. The fourth-order valence-corrected chi connectivity index (χ4v) is 4.19. The predicted molar refractivity (Wildman–Crippen MR) is 115 cm³/mol. The lowest BCUT2D eigenvalue weighted by Crippen LogP contribution is -2.37. The molecule has 0 spiro atoms. The summed E-state index contributed by atoms with van der Waals surface area (Å²) in [5.74, 6) is 0. The van der Waals surface area contributed by atoms with E-state index < -0.39 is 10.5 Å². The van der Waals surface area contributed by atoms with Gasteiger partial charge in [0.2, 0.25) is 0 Å². The number of benzene rings is 3. The van der Waals surface area contributed by atoms with Crippen LogP contribution in [0.4, 0.5) is 5.69 Å². The lowest BCUT2D eigenvalue weighted by Gasteiger charge is -2.31. The van der Waals surface area contributed by atoms with Crippen LogP contribution >= 0.6 is 11.6 Å². The molecule has 0 heterocycles. The standard InChI is InChI=1S/C23H19ClN2O3/c1-29-14-20-19-13-18(26(27)28)11-12-21(19)23(25,16-5-3-2-4-6-16)22(20)15-7-9-17(24)10-8-15/h2-13H,14,25H2,1H3/t23-/m1/s1. The van der Waals surface area contributed by atoms with Gasteiger partial charge in [0.05, 0.1) is 17.1 Å². The van der Waals surface area contributed by atoms with Crippen molar-refractivity contribution in [3.8, 4) is 0 Å². The van der Waals surface area contributed by atoms with E-state index in [4.69, 9.17) is 22.1 Å². The summed E-state index contributed by atoms with van der Waals surface area (Å²) in [5, 5.41) is 12.0. The maximum atomic E-state index is 11.4. The van der Waals surface area contributed by atoms with E-state index in [0.717, 1.165) is 33.4 Å². The normalized spacial score (nSPS) is 18.0. The molecule has 6 heteroatoms. The smallest absolute Gasteiger partial charge is 0.270 e. The van der Waals surface area contributed by atoms with E-state index in [1.807, 2.05) is 54.6 Å². The lowest BCUT2D eigenvalue weighted by atomic mass is 9.78.